The minimum Gasteiger partial charge on any atom is -0.301 e. The highest BCUT2D eigenvalue weighted by molar-refractivity contribution is 7.22. The average molecular weight is 355 g/mol. The second-order valence-electron chi connectivity index (χ2n) is 4.98. The fourth-order valence-corrected chi connectivity index (χ4v) is 2.89. The van der Waals surface area contributed by atoms with Crippen LogP contribution in [0, 0.1) is 10.1 Å². The number of hydrogen-bond acceptors (Lipinski definition) is 7. The standard InChI is InChI=1S/C16H13N5O3S/c22-15(20-16-19-13-3-1-2-4-14(13)25-16)10-18-17-9-11-5-7-12(8-6-11)21(23)24/h1-9,18H,10H2,(H,19,20,22)/b17-9+. The Morgan fingerprint density at radius 3 is 2.72 bits per heavy atom. The van der Waals surface area contributed by atoms with Crippen LogP contribution in [-0.2, 0) is 4.79 Å². The highest BCUT2D eigenvalue weighted by atomic mass is 32.1. The van der Waals surface area contributed by atoms with Gasteiger partial charge in [-0.15, -0.1) is 0 Å². The molecule has 126 valence electrons. The molecule has 0 aliphatic heterocycles. The summed E-state index contributed by atoms with van der Waals surface area (Å²) in [5.74, 6) is -0.264. The van der Waals surface area contributed by atoms with Crippen molar-refractivity contribution in [3.8, 4) is 0 Å². The Bertz CT molecular complexity index is 903. The van der Waals surface area contributed by atoms with Gasteiger partial charge in [-0.25, -0.2) is 4.98 Å². The van der Waals surface area contributed by atoms with Crippen LogP contribution in [-0.4, -0.2) is 28.6 Å². The second kappa shape index (κ2) is 7.49. The number of fused-ring (bicyclic) bond motifs is 1. The van der Waals surface area contributed by atoms with E-state index in [-0.39, 0.29) is 18.1 Å². The van der Waals surface area contributed by atoms with E-state index < -0.39 is 4.92 Å². The predicted octanol–water partition coefficient (Wildman–Crippen LogP) is 2.77. The van der Waals surface area contributed by atoms with Crippen molar-refractivity contribution >= 4 is 44.5 Å². The van der Waals surface area contributed by atoms with Gasteiger partial charge in [-0.05, 0) is 29.8 Å². The number of carbonyl (C=O) groups excluding carboxylic acids is 1. The Labute approximate surface area is 146 Å². The number of thiazole rings is 1. The molecule has 1 amide bonds. The van der Waals surface area contributed by atoms with Gasteiger partial charge in [-0.2, -0.15) is 5.10 Å². The molecule has 25 heavy (non-hydrogen) atoms. The van der Waals surface area contributed by atoms with Crippen molar-refractivity contribution in [2.75, 3.05) is 11.9 Å². The van der Waals surface area contributed by atoms with Gasteiger partial charge in [0, 0.05) is 12.1 Å². The van der Waals surface area contributed by atoms with Gasteiger partial charge in [0.1, 0.15) is 6.54 Å². The lowest BCUT2D eigenvalue weighted by atomic mass is 10.2. The van der Waals surface area contributed by atoms with Gasteiger partial charge in [-0.3, -0.25) is 14.9 Å². The highest BCUT2D eigenvalue weighted by Gasteiger charge is 2.07. The quantitative estimate of drug-likeness (QED) is 0.401. The van der Waals surface area contributed by atoms with Crippen LogP contribution in [0.25, 0.3) is 10.2 Å². The smallest absolute Gasteiger partial charge is 0.269 e. The summed E-state index contributed by atoms with van der Waals surface area (Å²) in [5.41, 5.74) is 4.16. The molecule has 3 aromatic rings. The Morgan fingerprint density at radius 1 is 1.24 bits per heavy atom. The maximum atomic E-state index is 11.9. The largest absolute Gasteiger partial charge is 0.301 e. The van der Waals surface area contributed by atoms with E-state index in [0.29, 0.717) is 10.7 Å². The predicted molar refractivity (Wildman–Crippen MR) is 96.9 cm³/mol. The Morgan fingerprint density at radius 2 is 2.00 bits per heavy atom. The molecule has 0 radical (unpaired) electrons. The molecule has 8 nitrogen and oxygen atoms in total. The van der Waals surface area contributed by atoms with Gasteiger partial charge in [0.25, 0.3) is 5.69 Å². The summed E-state index contributed by atoms with van der Waals surface area (Å²) >= 11 is 1.40. The van der Waals surface area contributed by atoms with E-state index in [2.05, 4.69) is 20.8 Å². The van der Waals surface area contributed by atoms with Crippen molar-refractivity contribution in [1.82, 2.24) is 10.4 Å². The van der Waals surface area contributed by atoms with Crippen molar-refractivity contribution in [3.05, 3.63) is 64.2 Å². The number of rotatable bonds is 6. The molecule has 2 N–H and O–H groups in total. The van der Waals surface area contributed by atoms with Crippen molar-refractivity contribution in [1.29, 1.82) is 0 Å². The highest BCUT2D eigenvalue weighted by Crippen LogP contribution is 2.25. The topological polar surface area (TPSA) is 110 Å². The van der Waals surface area contributed by atoms with E-state index in [1.54, 1.807) is 12.1 Å². The summed E-state index contributed by atoms with van der Waals surface area (Å²) in [6.07, 6.45) is 1.48. The minimum atomic E-state index is -0.467. The zero-order chi connectivity index (χ0) is 17.6. The Kier molecular flexibility index (Phi) is 4.95. The molecular weight excluding hydrogens is 342 g/mol. The van der Waals surface area contributed by atoms with E-state index in [1.165, 1.54) is 29.7 Å². The lowest BCUT2D eigenvalue weighted by Crippen LogP contribution is -2.24. The zero-order valence-corrected chi connectivity index (χ0v) is 13.7. The first-order valence-electron chi connectivity index (χ1n) is 7.27. The summed E-state index contributed by atoms with van der Waals surface area (Å²) in [7, 11) is 0. The van der Waals surface area contributed by atoms with Gasteiger partial charge in [-0.1, -0.05) is 23.5 Å². The normalized spacial score (nSPS) is 10.9. The molecule has 1 heterocycles. The fourth-order valence-electron chi connectivity index (χ4n) is 2.01. The van der Waals surface area contributed by atoms with Crippen LogP contribution < -0.4 is 10.7 Å². The number of aromatic nitrogens is 1. The second-order valence-corrected chi connectivity index (χ2v) is 6.01. The first-order valence-corrected chi connectivity index (χ1v) is 8.09. The number of benzene rings is 2. The van der Waals surface area contributed by atoms with Gasteiger partial charge < -0.3 is 10.7 Å². The molecule has 0 unspecified atom stereocenters. The summed E-state index contributed by atoms with van der Waals surface area (Å²) in [4.78, 5) is 26.3. The molecule has 0 saturated carbocycles. The Balaban J connectivity index is 1.49. The first-order chi connectivity index (χ1) is 12.1. The molecule has 1 aromatic heterocycles. The lowest BCUT2D eigenvalue weighted by molar-refractivity contribution is -0.384. The third kappa shape index (κ3) is 4.36. The van der Waals surface area contributed by atoms with Crippen molar-refractivity contribution in [2.45, 2.75) is 0 Å². The summed E-state index contributed by atoms with van der Waals surface area (Å²) < 4.78 is 1.00. The molecule has 9 heteroatoms. The number of nitro benzene ring substituents is 1. The van der Waals surface area contributed by atoms with Gasteiger partial charge in [0.05, 0.1) is 21.4 Å². The number of nitrogens with zero attached hydrogens (tertiary/aromatic N) is 3. The molecule has 0 saturated heterocycles. The van der Waals surface area contributed by atoms with E-state index in [0.717, 1.165) is 10.2 Å². The van der Waals surface area contributed by atoms with E-state index >= 15 is 0 Å². The number of non-ortho nitro benzene ring substituents is 1. The number of amides is 1. The molecule has 0 bridgehead atoms. The van der Waals surface area contributed by atoms with Crippen molar-refractivity contribution in [3.63, 3.8) is 0 Å². The van der Waals surface area contributed by atoms with Crippen LogP contribution >= 0.6 is 11.3 Å². The number of hydrazone groups is 1. The average Bonchev–Trinajstić information content (AvgIpc) is 3.01. The van der Waals surface area contributed by atoms with E-state index in [4.69, 9.17) is 0 Å². The van der Waals surface area contributed by atoms with Crippen LogP contribution in [0.5, 0.6) is 0 Å². The van der Waals surface area contributed by atoms with E-state index in [1.807, 2.05) is 24.3 Å². The maximum absolute atomic E-state index is 11.9. The SMILES string of the molecule is O=C(CN/N=C/c1ccc([N+](=O)[O-])cc1)Nc1nc2ccccc2s1. The van der Waals surface area contributed by atoms with Crippen LogP contribution in [0.3, 0.4) is 0 Å². The third-order valence-electron chi connectivity index (χ3n) is 3.19. The molecule has 3 rings (SSSR count). The van der Waals surface area contributed by atoms with E-state index in [9.17, 15) is 14.9 Å². The number of anilines is 1. The van der Waals surface area contributed by atoms with Crippen molar-refractivity contribution < 1.29 is 9.72 Å². The minimum absolute atomic E-state index is 0.0142. The van der Waals surface area contributed by atoms with Gasteiger partial charge in [0.15, 0.2) is 5.13 Å². The van der Waals surface area contributed by atoms with Crippen LogP contribution in [0.2, 0.25) is 0 Å². The molecule has 0 atom stereocenters. The maximum Gasteiger partial charge on any atom is 0.269 e. The third-order valence-corrected chi connectivity index (χ3v) is 4.14. The molecule has 0 spiro atoms. The van der Waals surface area contributed by atoms with Crippen LogP contribution in [0.4, 0.5) is 10.8 Å². The van der Waals surface area contributed by atoms with Crippen LogP contribution in [0.1, 0.15) is 5.56 Å². The number of nitrogens with one attached hydrogen (secondary N) is 2. The number of hydrogen-bond donors (Lipinski definition) is 2. The lowest BCUT2D eigenvalue weighted by Gasteiger charge is -2.00. The van der Waals surface area contributed by atoms with Crippen molar-refractivity contribution in [2.24, 2.45) is 5.10 Å². The summed E-state index contributed by atoms with van der Waals surface area (Å²) in [5, 5.41) is 17.7. The summed E-state index contributed by atoms with van der Waals surface area (Å²) in [6.45, 7) is -0.0145. The number of carbonyl (C=O) groups is 1. The number of nitro groups is 1. The molecule has 0 aliphatic carbocycles. The van der Waals surface area contributed by atoms with Gasteiger partial charge in [0.2, 0.25) is 5.91 Å². The van der Waals surface area contributed by atoms with Gasteiger partial charge >= 0.3 is 0 Å². The molecule has 2 aromatic carbocycles. The Hall–Kier alpha value is -3.33. The fraction of sp³-hybridized carbons (Fsp3) is 0.0625. The first kappa shape index (κ1) is 16.5. The summed E-state index contributed by atoms with van der Waals surface area (Å²) in [6, 6.07) is 13.6. The molecule has 0 aliphatic rings. The molecular formula is C16H13N5O3S. The zero-order valence-electron chi connectivity index (χ0n) is 12.9. The molecule has 0 fully saturated rings. The monoisotopic (exact) mass is 355 g/mol. The van der Waals surface area contributed by atoms with Crippen LogP contribution in [0.15, 0.2) is 53.6 Å². The number of para-hydroxylation sites is 1.